The highest BCUT2D eigenvalue weighted by Gasteiger charge is 2.45. The van der Waals surface area contributed by atoms with Crippen molar-refractivity contribution < 1.29 is 17.9 Å². The van der Waals surface area contributed by atoms with Crippen molar-refractivity contribution in [2.45, 2.75) is 5.37 Å². The number of amides is 1. The second-order valence-electron chi connectivity index (χ2n) is 6.38. The lowest BCUT2D eigenvalue weighted by Gasteiger charge is -2.24. The molecule has 0 saturated carbocycles. The maximum atomic E-state index is 12.7. The van der Waals surface area contributed by atoms with Gasteiger partial charge in [0, 0.05) is 10.7 Å². The third-order valence-electron chi connectivity index (χ3n) is 4.42. The molecule has 1 fully saturated rings. The van der Waals surface area contributed by atoms with E-state index in [4.69, 9.17) is 16.3 Å². The molecule has 1 aliphatic heterocycles. The minimum atomic E-state index is -3.67. The Balaban J connectivity index is 1.66. The van der Waals surface area contributed by atoms with Gasteiger partial charge in [-0.15, -0.1) is 0 Å². The number of benzene rings is 3. The largest absolute Gasteiger partial charge is 0.457 e. The van der Waals surface area contributed by atoms with Crippen molar-refractivity contribution in [3.05, 3.63) is 89.4 Å². The topological polar surface area (TPSA) is 63.7 Å². The number of rotatable bonds is 4. The molecule has 0 unspecified atom stereocenters. The molecule has 1 aliphatic rings. The van der Waals surface area contributed by atoms with Gasteiger partial charge in [0.25, 0.3) is 0 Å². The van der Waals surface area contributed by atoms with Gasteiger partial charge in [0.15, 0.2) is 15.2 Å². The van der Waals surface area contributed by atoms with Crippen LogP contribution in [0.25, 0.3) is 0 Å². The molecule has 0 bridgehead atoms. The molecule has 0 spiro atoms. The molecule has 1 saturated heterocycles. The van der Waals surface area contributed by atoms with Crippen molar-refractivity contribution >= 4 is 33.0 Å². The van der Waals surface area contributed by atoms with Crippen LogP contribution in [0.3, 0.4) is 0 Å². The first-order chi connectivity index (χ1) is 13.4. The van der Waals surface area contributed by atoms with Crippen LogP contribution in [-0.2, 0) is 14.6 Å². The Hall–Kier alpha value is -2.83. The van der Waals surface area contributed by atoms with E-state index in [1.165, 1.54) is 4.90 Å². The Labute approximate surface area is 168 Å². The van der Waals surface area contributed by atoms with E-state index in [0.717, 1.165) is 0 Å². The Bertz CT molecular complexity index is 1100. The summed E-state index contributed by atoms with van der Waals surface area (Å²) in [4.78, 5) is 13.8. The van der Waals surface area contributed by atoms with E-state index in [9.17, 15) is 13.2 Å². The smallest absolute Gasteiger partial charge is 0.243 e. The number of hydrogen-bond acceptors (Lipinski definition) is 4. The standard InChI is InChI=1S/C21H16ClNO4S/c22-16-8-10-17(11-9-16)23-20(24)14-28(25,26)21(23)15-6-12-19(13-7-15)27-18-4-2-1-3-5-18/h1-13,21H,14H2/t21-/m1/s1. The molecule has 4 rings (SSSR count). The van der Waals surface area contributed by atoms with Crippen LogP contribution in [0.15, 0.2) is 78.9 Å². The lowest BCUT2D eigenvalue weighted by atomic mass is 10.1. The zero-order chi connectivity index (χ0) is 19.7. The minimum Gasteiger partial charge on any atom is -0.457 e. The third-order valence-corrected chi connectivity index (χ3v) is 6.48. The van der Waals surface area contributed by atoms with Crippen molar-refractivity contribution in [1.29, 1.82) is 0 Å². The van der Waals surface area contributed by atoms with Gasteiger partial charge in [0.2, 0.25) is 5.91 Å². The third kappa shape index (κ3) is 3.61. The number of para-hydroxylation sites is 1. The number of hydrogen-bond donors (Lipinski definition) is 0. The second-order valence-corrected chi connectivity index (χ2v) is 8.88. The average Bonchev–Trinajstić information content (AvgIpc) is 2.92. The molecule has 3 aromatic carbocycles. The molecule has 1 atom stereocenters. The van der Waals surface area contributed by atoms with E-state index in [0.29, 0.717) is 27.8 Å². The SMILES string of the molecule is O=C1CS(=O)(=O)[C@H](c2ccc(Oc3ccccc3)cc2)N1c1ccc(Cl)cc1. The summed E-state index contributed by atoms with van der Waals surface area (Å²) in [6.07, 6.45) is 0. The molecule has 1 amide bonds. The molecule has 7 heteroatoms. The zero-order valence-electron chi connectivity index (χ0n) is 14.7. The maximum Gasteiger partial charge on any atom is 0.243 e. The van der Waals surface area contributed by atoms with E-state index < -0.39 is 26.9 Å². The fourth-order valence-electron chi connectivity index (χ4n) is 3.17. The molecular weight excluding hydrogens is 398 g/mol. The number of carbonyl (C=O) groups is 1. The molecule has 0 aromatic heterocycles. The molecule has 5 nitrogen and oxygen atoms in total. The first-order valence-corrected chi connectivity index (χ1v) is 10.7. The van der Waals surface area contributed by atoms with Crippen LogP contribution >= 0.6 is 11.6 Å². The van der Waals surface area contributed by atoms with Crippen LogP contribution in [0.5, 0.6) is 11.5 Å². The van der Waals surface area contributed by atoms with Gasteiger partial charge in [-0.1, -0.05) is 41.9 Å². The molecular formula is C21H16ClNO4S. The van der Waals surface area contributed by atoms with Crippen LogP contribution in [0.4, 0.5) is 5.69 Å². The molecule has 1 heterocycles. The summed E-state index contributed by atoms with van der Waals surface area (Å²) in [6, 6.07) is 22.5. The van der Waals surface area contributed by atoms with Crippen LogP contribution in [0, 0.1) is 0 Å². The highest BCUT2D eigenvalue weighted by molar-refractivity contribution is 7.93. The van der Waals surface area contributed by atoms with Crippen molar-refractivity contribution in [2.75, 3.05) is 10.7 Å². The summed E-state index contributed by atoms with van der Waals surface area (Å²) >= 11 is 5.91. The number of sulfone groups is 1. The number of halogens is 1. The maximum absolute atomic E-state index is 12.7. The van der Waals surface area contributed by atoms with E-state index in [1.807, 2.05) is 30.3 Å². The van der Waals surface area contributed by atoms with Crippen molar-refractivity contribution in [2.24, 2.45) is 0 Å². The Morgan fingerprint density at radius 1 is 0.857 bits per heavy atom. The summed E-state index contributed by atoms with van der Waals surface area (Å²) in [7, 11) is -3.67. The van der Waals surface area contributed by atoms with Crippen LogP contribution in [-0.4, -0.2) is 20.1 Å². The lowest BCUT2D eigenvalue weighted by molar-refractivity contribution is -0.115. The fourth-order valence-corrected chi connectivity index (χ4v) is 5.07. The average molecular weight is 414 g/mol. The van der Waals surface area contributed by atoms with Gasteiger partial charge in [-0.2, -0.15) is 0 Å². The van der Waals surface area contributed by atoms with E-state index in [2.05, 4.69) is 0 Å². The molecule has 0 aliphatic carbocycles. The summed E-state index contributed by atoms with van der Waals surface area (Å²) in [6.45, 7) is 0. The Morgan fingerprint density at radius 3 is 2.11 bits per heavy atom. The van der Waals surface area contributed by atoms with E-state index >= 15 is 0 Å². The van der Waals surface area contributed by atoms with Gasteiger partial charge < -0.3 is 4.74 Å². The lowest BCUT2D eigenvalue weighted by Crippen LogP contribution is -2.29. The monoisotopic (exact) mass is 413 g/mol. The first-order valence-electron chi connectivity index (χ1n) is 8.56. The van der Waals surface area contributed by atoms with Crippen LogP contribution in [0.2, 0.25) is 5.02 Å². The molecule has 142 valence electrons. The summed E-state index contributed by atoms with van der Waals surface area (Å²) in [5.41, 5.74) is 0.992. The summed E-state index contributed by atoms with van der Waals surface area (Å²) < 4.78 is 31.1. The minimum absolute atomic E-state index is 0.461. The summed E-state index contributed by atoms with van der Waals surface area (Å²) in [5, 5.41) is -0.566. The number of nitrogens with zero attached hydrogens (tertiary/aromatic N) is 1. The normalized spacial score (nSPS) is 18.2. The zero-order valence-corrected chi connectivity index (χ0v) is 16.2. The predicted octanol–water partition coefficient (Wildman–Crippen LogP) is 4.59. The van der Waals surface area contributed by atoms with Crippen molar-refractivity contribution in [3.8, 4) is 11.5 Å². The van der Waals surface area contributed by atoms with Crippen LogP contribution in [0.1, 0.15) is 10.9 Å². The summed E-state index contributed by atoms with van der Waals surface area (Å²) in [5.74, 6) is 0.274. The highest BCUT2D eigenvalue weighted by atomic mass is 35.5. The molecule has 28 heavy (non-hydrogen) atoms. The molecule has 0 N–H and O–H groups in total. The van der Waals surface area contributed by atoms with E-state index in [-0.39, 0.29) is 0 Å². The van der Waals surface area contributed by atoms with Crippen molar-refractivity contribution in [3.63, 3.8) is 0 Å². The van der Waals surface area contributed by atoms with Gasteiger partial charge in [-0.25, -0.2) is 8.42 Å². The Morgan fingerprint density at radius 2 is 1.46 bits per heavy atom. The number of carbonyl (C=O) groups excluding carboxylic acids is 1. The molecule has 3 aromatic rings. The van der Waals surface area contributed by atoms with Crippen molar-refractivity contribution in [1.82, 2.24) is 0 Å². The first kappa shape index (κ1) is 18.5. The fraction of sp³-hybridized carbons (Fsp3) is 0.0952. The second kappa shape index (κ2) is 7.30. The van der Waals surface area contributed by atoms with E-state index in [1.54, 1.807) is 48.5 Å². The highest BCUT2D eigenvalue weighted by Crippen LogP contribution is 2.38. The predicted molar refractivity (Wildman–Crippen MR) is 108 cm³/mol. The van der Waals surface area contributed by atoms with Gasteiger partial charge in [-0.3, -0.25) is 9.69 Å². The number of ether oxygens (including phenoxy) is 1. The van der Waals surface area contributed by atoms with Gasteiger partial charge >= 0.3 is 0 Å². The van der Waals surface area contributed by atoms with Gasteiger partial charge in [0.05, 0.1) is 0 Å². The molecule has 0 radical (unpaired) electrons. The van der Waals surface area contributed by atoms with Gasteiger partial charge in [-0.05, 0) is 54.1 Å². The van der Waals surface area contributed by atoms with Crippen LogP contribution < -0.4 is 9.64 Å². The quantitative estimate of drug-likeness (QED) is 0.627. The Kier molecular flexibility index (Phi) is 4.83. The number of anilines is 1. The van der Waals surface area contributed by atoms with Gasteiger partial charge in [0.1, 0.15) is 17.3 Å².